The summed E-state index contributed by atoms with van der Waals surface area (Å²) in [6.45, 7) is 4.55. The Labute approximate surface area is 150 Å². The molecule has 0 bridgehead atoms. The molecule has 1 heterocycles. The van der Waals surface area contributed by atoms with Gasteiger partial charge in [0.25, 0.3) is 0 Å². The van der Waals surface area contributed by atoms with Gasteiger partial charge in [0.05, 0.1) is 5.75 Å². The van der Waals surface area contributed by atoms with Crippen molar-refractivity contribution in [2.75, 3.05) is 25.4 Å². The molecule has 1 saturated heterocycles. The standard InChI is InChI=1S/C18H29N3O3S/c1-15(17-7-9-19-10-8-17)13-18(22)20-11-12-25(23,24)21-14-16-5-3-2-4-6-16/h2-6,15,17,19,21H,7-14H2,1H3,(H,20,22). The summed E-state index contributed by atoms with van der Waals surface area (Å²) in [7, 11) is -3.40. The van der Waals surface area contributed by atoms with Gasteiger partial charge in [-0.1, -0.05) is 37.3 Å². The van der Waals surface area contributed by atoms with Crippen molar-refractivity contribution in [3.05, 3.63) is 35.9 Å². The molecule has 1 aromatic carbocycles. The first-order chi connectivity index (χ1) is 12.0. The molecule has 0 aliphatic carbocycles. The zero-order valence-corrected chi connectivity index (χ0v) is 15.6. The highest BCUT2D eigenvalue weighted by Crippen LogP contribution is 2.23. The zero-order chi connectivity index (χ0) is 18.1. The lowest BCUT2D eigenvalue weighted by Gasteiger charge is -2.27. The van der Waals surface area contributed by atoms with E-state index in [9.17, 15) is 13.2 Å². The first-order valence-electron chi connectivity index (χ1n) is 8.95. The van der Waals surface area contributed by atoms with E-state index < -0.39 is 10.0 Å². The average molecular weight is 368 g/mol. The number of hydrogen-bond donors (Lipinski definition) is 3. The van der Waals surface area contributed by atoms with Crippen LogP contribution >= 0.6 is 0 Å². The van der Waals surface area contributed by atoms with Crippen molar-refractivity contribution >= 4 is 15.9 Å². The van der Waals surface area contributed by atoms with E-state index in [0.29, 0.717) is 18.3 Å². The van der Waals surface area contributed by atoms with Gasteiger partial charge in [0.1, 0.15) is 0 Å². The molecule has 1 amide bonds. The fourth-order valence-corrected chi connectivity index (χ4v) is 4.03. The second-order valence-electron chi connectivity index (χ2n) is 6.74. The van der Waals surface area contributed by atoms with Gasteiger partial charge in [-0.2, -0.15) is 0 Å². The third kappa shape index (κ3) is 7.54. The van der Waals surface area contributed by atoms with Gasteiger partial charge in [-0.25, -0.2) is 13.1 Å². The quantitative estimate of drug-likeness (QED) is 0.613. The van der Waals surface area contributed by atoms with Crippen molar-refractivity contribution in [1.82, 2.24) is 15.4 Å². The van der Waals surface area contributed by atoms with E-state index in [1.165, 1.54) is 0 Å². The fourth-order valence-electron chi connectivity index (χ4n) is 3.13. The molecule has 7 heteroatoms. The summed E-state index contributed by atoms with van der Waals surface area (Å²) < 4.78 is 26.5. The highest BCUT2D eigenvalue weighted by Gasteiger charge is 2.22. The van der Waals surface area contributed by atoms with E-state index in [1.807, 2.05) is 30.3 Å². The Morgan fingerprint density at radius 3 is 2.60 bits per heavy atom. The maximum absolute atomic E-state index is 12.0. The number of rotatable bonds is 9. The van der Waals surface area contributed by atoms with E-state index in [2.05, 4.69) is 22.3 Å². The number of carbonyl (C=O) groups is 1. The van der Waals surface area contributed by atoms with E-state index >= 15 is 0 Å². The molecule has 6 nitrogen and oxygen atoms in total. The summed E-state index contributed by atoms with van der Waals surface area (Å²) in [4.78, 5) is 12.0. The third-order valence-electron chi connectivity index (χ3n) is 4.73. The van der Waals surface area contributed by atoms with Crippen LogP contribution in [0.25, 0.3) is 0 Å². The van der Waals surface area contributed by atoms with Crippen molar-refractivity contribution in [3.63, 3.8) is 0 Å². The number of nitrogens with one attached hydrogen (secondary N) is 3. The second-order valence-corrected chi connectivity index (χ2v) is 8.67. The lowest BCUT2D eigenvalue weighted by Crippen LogP contribution is -2.36. The molecule has 1 aliphatic rings. The molecule has 1 fully saturated rings. The highest BCUT2D eigenvalue weighted by atomic mass is 32.2. The number of benzene rings is 1. The molecule has 140 valence electrons. The van der Waals surface area contributed by atoms with Crippen LogP contribution in [0.5, 0.6) is 0 Å². The van der Waals surface area contributed by atoms with Crippen LogP contribution in [0.1, 0.15) is 31.7 Å². The largest absolute Gasteiger partial charge is 0.355 e. The molecule has 0 aromatic heterocycles. The van der Waals surface area contributed by atoms with E-state index in [0.717, 1.165) is 31.5 Å². The van der Waals surface area contributed by atoms with Crippen LogP contribution in [-0.4, -0.2) is 39.7 Å². The Bertz CT molecular complexity index is 628. The van der Waals surface area contributed by atoms with Crippen LogP contribution in [0, 0.1) is 11.8 Å². The van der Waals surface area contributed by atoms with Gasteiger partial charge in [0.15, 0.2) is 0 Å². The lowest BCUT2D eigenvalue weighted by molar-refractivity contribution is -0.122. The predicted molar refractivity (Wildman–Crippen MR) is 99.5 cm³/mol. The highest BCUT2D eigenvalue weighted by molar-refractivity contribution is 7.89. The average Bonchev–Trinajstić information content (AvgIpc) is 2.61. The van der Waals surface area contributed by atoms with Crippen molar-refractivity contribution in [2.24, 2.45) is 11.8 Å². The number of amides is 1. The van der Waals surface area contributed by atoms with Gasteiger partial charge < -0.3 is 10.6 Å². The Morgan fingerprint density at radius 2 is 1.92 bits per heavy atom. The van der Waals surface area contributed by atoms with Crippen LogP contribution < -0.4 is 15.4 Å². The van der Waals surface area contributed by atoms with Gasteiger partial charge in [-0.15, -0.1) is 0 Å². The Morgan fingerprint density at radius 1 is 1.24 bits per heavy atom. The van der Waals surface area contributed by atoms with Crippen LogP contribution in [-0.2, 0) is 21.4 Å². The fraction of sp³-hybridized carbons (Fsp3) is 0.611. The Hall–Kier alpha value is -1.44. The summed E-state index contributed by atoms with van der Waals surface area (Å²) in [5.74, 6) is 0.732. The molecule has 1 aliphatic heterocycles. The number of sulfonamides is 1. The van der Waals surface area contributed by atoms with Crippen molar-refractivity contribution in [2.45, 2.75) is 32.7 Å². The molecule has 1 unspecified atom stereocenters. The Kier molecular flexibility index (Phi) is 7.87. The number of carbonyl (C=O) groups excluding carboxylic acids is 1. The predicted octanol–water partition coefficient (Wildman–Crippen LogP) is 1.25. The SMILES string of the molecule is CC(CC(=O)NCCS(=O)(=O)NCc1ccccc1)C1CCNCC1. The summed E-state index contributed by atoms with van der Waals surface area (Å²) in [6, 6.07) is 9.36. The normalized spacial score (nSPS) is 17.2. The molecular formula is C18H29N3O3S. The van der Waals surface area contributed by atoms with Crippen LogP contribution in [0.15, 0.2) is 30.3 Å². The summed E-state index contributed by atoms with van der Waals surface area (Å²) in [5, 5.41) is 6.06. The zero-order valence-electron chi connectivity index (χ0n) is 14.8. The van der Waals surface area contributed by atoms with Crippen LogP contribution in [0.2, 0.25) is 0 Å². The van der Waals surface area contributed by atoms with Crippen molar-refractivity contribution < 1.29 is 13.2 Å². The van der Waals surface area contributed by atoms with Gasteiger partial charge in [0.2, 0.25) is 15.9 Å². The van der Waals surface area contributed by atoms with Crippen LogP contribution in [0.3, 0.4) is 0 Å². The van der Waals surface area contributed by atoms with E-state index in [4.69, 9.17) is 0 Å². The first kappa shape index (κ1) is 19.9. The maximum atomic E-state index is 12.0. The molecule has 25 heavy (non-hydrogen) atoms. The number of piperidine rings is 1. The molecule has 1 atom stereocenters. The minimum Gasteiger partial charge on any atom is -0.355 e. The first-order valence-corrected chi connectivity index (χ1v) is 10.6. The topological polar surface area (TPSA) is 87.3 Å². The molecule has 1 aromatic rings. The smallest absolute Gasteiger partial charge is 0.220 e. The minimum absolute atomic E-state index is 0.0655. The summed E-state index contributed by atoms with van der Waals surface area (Å²) >= 11 is 0. The second kappa shape index (κ2) is 9.89. The minimum atomic E-state index is -3.40. The Balaban J connectivity index is 1.65. The molecule has 0 saturated carbocycles. The van der Waals surface area contributed by atoms with Gasteiger partial charge in [-0.3, -0.25) is 4.79 Å². The molecular weight excluding hydrogens is 338 g/mol. The van der Waals surface area contributed by atoms with E-state index in [1.54, 1.807) is 0 Å². The van der Waals surface area contributed by atoms with E-state index in [-0.39, 0.29) is 24.7 Å². The van der Waals surface area contributed by atoms with Crippen LogP contribution in [0.4, 0.5) is 0 Å². The maximum Gasteiger partial charge on any atom is 0.220 e. The van der Waals surface area contributed by atoms with Crippen molar-refractivity contribution in [3.8, 4) is 0 Å². The summed E-state index contributed by atoms with van der Waals surface area (Å²) in [6.07, 6.45) is 2.67. The van der Waals surface area contributed by atoms with Gasteiger partial charge in [0, 0.05) is 19.5 Å². The van der Waals surface area contributed by atoms with Gasteiger partial charge >= 0.3 is 0 Å². The molecule has 2 rings (SSSR count). The molecule has 3 N–H and O–H groups in total. The molecule has 0 radical (unpaired) electrons. The van der Waals surface area contributed by atoms with Gasteiger partial charge in [-0.05, 0) is 43.3 Å². The monoisotopic (exact) mass is 367 g/mol. The number of hydrogen-bond acceptors (Lipinski definition) is 4. The van der Waals surface area contributed by atoms with Crippen molar-refractivity contribution in [1.29, 1.82) is 0 Å². The third-order valence-corrected chi connectivity index (χ3v) is 6.05. The summed E-state index contributed by atoms with van der Waals surface area (Å²) in [5.41, 5.74) is 0.908. The molecule has 0 spiro atoms. The lowest BCUT2D eigenvalue weighted by atomic mass is 9.84.